The summed E-state index contributed by atoms with van der Waals surface area (Å²) in [6, 6.07) is 0. The number of nitrogens with two attached hydrogens (primary N) is 2. The SMILES string of the molecule is NCC1(S(N)(=O)=O)CCCCC1. The molecule has 0 aromatic heterocycles. The molecule has 4 N–H and O–H groups in total. The maximum atomic E-state index is 11.2. The van der Waals surface area contributed by atoms with E-state index in [4.69, 9.17) is 10.9 Å². The fraction of sp³-hybridized carbons (Fsp3) is 1.00. The van der Waals surface area contributed by atoms with Crippen molar-refractivity contribution in [1.29, 1.82) is 0 Å². The van der Waals surface area contributed by atoms with E-state index in [1.807, 2.05) is 0 Å². The average Bonchev–Trinajstić information content (AvgIpc) is 2.04. The molecule has 0 saturated heterocycles. The molecule has 0 amide bonds. The van der Waals surface area contributed by atoms with Gasteiger partial charge in [-0.05, 0) is 12.8 Å². The van der Waals surface area contributed by atoms with Gasteiger partial charge in [0.2, 0.25) is 10.0 Å². The number of rotatable bonds is 2. The van der Waals surface area contributed by atoms with E-state index in [0.29, 0.717) is 12.8 Å². The lowest BCUT2D eigenvalue weighted by Gasteiger charge is -2.33. The van der Waals surface area contributed by atoms with Gasteiger partial charge in [-0.3, -0.25) is 0 Å². The molecule has 1 fully saturated rings. The van der Waals surface area contributed by atoms with Gasteiger partial charge in [-0.15, -0.1) is 0 Å². The predicted octanol–water partition coefficient (Wildman–Crippen LogP) is -0.0635. The highest BCUT2D eigenvalue weighted by molar-refractivity contribution is 7.90. The van der Waals surface area contributed by atoms with Crippen LogP contribution >= 0.6 is 0 Å². The molecule has 5 heteroatoms. The van der Waals surface area contributed by atoms with Crippen molar-refractivity contribution in [2.24, 2.45) is 10.9 Å². The lowest BCUT2D eigenvalue weighted by Crippen LogP contribution is -2.50. The Balaban J connectivity index is 2.88. The normalized spacial score (nSPS) is 23.8. The summed E-state index contributed by atoms with van der Waals surface area (Å²) in [5.41, 5.74) is 5.47. The van der Waals surface area contributed by atoms with Crippen LogP contribution in [0.15, 0.2) is 0 Å². The molecule has 0 atom stereocenters. The third-order valence-corrected chi connectivity index (χ3v) is 4.52. The topological polar surface area (TPSA) is 86.2 Å². The van der Waals surface area contributed by atoms with E-state index in [1.165, 1.54) is 0 Å². The Bertz CT molecular complexity index is 242. The van der Waals surface area contributed by atoms with E-state index < -0.39 is 14.8 Å². The molecule has 0 spiro atoms. The van der Waals surface area contributed by atoms with Crippen LogP contribution in [0.4, 0.5) is 0 Å². The molecule has 0 radical (unpaired) electrons. The van der Waals surface area contributed by atoms with Crippen LogP contribution in [0.25, 0.3) is 0 Å². The fourth-order valence-electron chi connectivity index (χ4n) is 1.80. The van der Waals surface area contributed by atoms with Gasteiger partial charge in [0, 0.05) is 6.54 Å². The summed E-state index contributed by atoms with van der Waals surface area (Å²) in [6.45, 7) is 0.159. The second-order valence-electron chi connectivity index (χ2n) is 3.49. The van der Waals surface area contributed by atoms with Gasteiger partial charge in [-0.1, -0.05) is 19.3 Å². The van der Waals surface area contributed by atoms with Crippen LogP contribution in [-0.2, 0) is 10.0 Å². The monoisotopic (exact) mass is 192 g/mol. The molecule has 72 valence electrons. The number of hydrogen-bond donors (Lipinski definition) is 2. The second kappa shape index (κ2) is 3.32. The van der Waals surface area contributed by atoms with Crippen molar-refractivity contribution in [2.45, 2.75) is 36.9 Å². The number of primary sulfonamides is 1. The first-order valence-corrected chi connectivity index (χ1v) is 5.79. The van der Waals surface area contributed by atoms with Gasteiger partial charge in [-0.2, -0.15) is 0 Å². The van der Waals surface area contributed by atoms with Crippen molar-refractivity contribution in [2.75, 3.05) is 6.54 Å². The van der Waals surface area contributed by atoms with Gasteiger partial charge in [0.1, 0.15) is 0 Å². The zero-order valence-corrected chi connectivity index (χ0v) is 7.94. The Morgan fingerprint density at radius 1 is 1.17 bits per heavy atom. The second-order valence-corrected chi connectivity index (χ2v) is 5.45. The van der Waals surface area contributed by atoms with Gasteiger partial charge < -0.3 is 5.73 Å². The number of sulfonamides is 1. The molecule has 0 aromatic carbocycles. The Hall–Kier alpha value is -0.130. The van der Waals surface area contributed by atoms with Crippen LogP contribution < -0.4 is 10.9 Å². The van der Waals surface area contributed by atoms with E-state index in [2.05, 4.69) is 0 Å². The van der Waals surface area contributed by atoms with Crippen molar-refractivity contribution in [3.05, 3.63) is 0 Å². The molecule has 12 heavy (non-hydrogen) atoms. The standard InChI is InChI=1S/C7H16N2O2S/c8-6-7(12(9,10)11)4-2-1-3-5-7/h1-6,8H2,(H2,9,10,11). The van der Waals surface area contributed by atoms with Crippen LogP contribution in [0.5, 0.6) is 0 Å². The van der Waals surface area contributed by atoms with Crippen LogP contribution in [0.1, 0.15) is 32.1 Å². The first-order valence-electron chi connectivity index (χ1n) is 4.24. The van der Waals surface area contributed by atoms with Crippen molar-refractivity contribution < 1.29 is 8.42 Å². The molecule has 0 aliphatic heterocycles. The predicted molar refractivity (Wildman–Crippen MR) is 48.0 cm³/mol. The Morgan fingerprint density at radius 2 is 1.67 bits per heavy atom. The Morgan fingerprint density at radius 3 is 1.92 bits per heavy atom. The zero-order chi connectivity index (χ0) is 9.24. The highest BCUT2D eigenvalue weighted by Gasteiger charge is 2.40. The molecule has 4 nitrogen and oxygen atoms in total. The minimum atomic E-state index is -3.46. The smallest absolute Gasteiger partial charge is 0.216 e. The third-order valence-electron chi connectivity index (χ3n) is 2.74. The van der Waals surface area contributed by atoms with Crippen molar-refractivity contribution in [1.82, 2.24) is 0 Å². The summed E-state index contributed by atoms with van der Waals surface area (Å²) in [6.07, 6.45) is 4.20. The summed E-state index contributed by atoms with van der Waals surface area (Å²) in [7, 11) is -3.46. The van der Waals surface area contributed by atoms with Gasteiger partial charge in [-0.25, -0.2) is 13.6 Å². The first-order chi connectivity index (χ1) is 5.52. The van der Waals surface area contributed by atoms with Gasteiger partial charge in [0.25, 0.3) is 0 Å². The maximum Gasteiger partial charge on any atom is 0.216 e. The van der Waals surface area contributed by atoms with Gasteiger partial charge >= 0.3 is 0 Å². The lowest BCUT2D eigenvalue weighted by atomic mass is 9.88. The highest BCUT2D eigenvalue weighted by atomic mass is 32.2. The molecule has 1 rings (SSSR count). The highest BCUT2D eigenvalue weighted by Crippen LogP contribution is 2.32. The van der Waals surface area contributed by atoms with Gasteiger partial charge in [0.15, 0.2) is 0 Å². The zero-order valence-electron chi connectivity index (χ0n) is 7.12. The summed E-state index contributed by atoms with van der Waals surface area (Å²) in [4.78, 5) is 0. The molecule has 0 bridgehead atoms. The van der Waals surface area contributed by atoms with Crippen LogP contribution in [-0.4, -0.2) is 19.7 Å². The minimum Gasteiger partial charge on any atom is -0.329 e. The molecule has 0 heterocycles. The van der Waals surface area contributed by atoms with Crippen molar-refractivity contribution in [3.63, 3.8) is 0 Å². The molecule has 0 aromatic rings. The molecule has 1 saturated carbocycles. The summed E-state index contributed by atoms with van der Waals surface area (Å²) < 4.78 is 21.7. The molecular weight excluding hydrogens is 176 g/mol. The minimum absolute atomic E-state index is 0.159. The van der Waals surface area contributed by atoms with Crippen molar-refractivity contribution >= 4 is 10.0 Å². The maximum absolute atomic E-state index is 11.2. The van der Waals surface area contributed by atoms with Crippen LogP contribution in [0.3, 0.4) is 0 Å². The van der Waals surface area contributed by atoms with Crippen LogP contribution in [0, 0.1) is 0 Å². The van der Waals surface area contributed by atoms with E-state index in [-0.39, 0.29) is 6.54 Å². The summed E-state index contributed by atoms with van der Waals surface area (Å²) in [5.74, 6) is 0. The Labute approximate surface area is 73.4 Å². The van der Waals surface area contributed by atoms with Crippen LogP contribution in [0.2, 0.25) is 0 Å². The quantitative estimate of drug-likeness (QED) is 0.642. The number of hydrogen-bond acceptors (Lipinski definition) is 3. The van der Waals surface area contributed by atoms with E-state index in [0.717, 1.165) is 19.3 Å². The van der Waals surface area contributed by atoms with Crippen molar-refractivity contribution in [3.8, 4) is 0 Å². The molecule has 0 unspecified atom stereocenters. The van der Waals surface area contributed by atoms with Gasteiger partial charge in [0.05, 0.1) is 4.75 Å². The van der Waals surface area contributed by atoms with E-state index in [9.17, 15) is 8.42 Å². The lowest BCUT2D eigenvalue weighted by molar-refractivity contribution is 0.378. The van der Waals surface area contributed by atoms with E-state index >= 15 is 0 Å². The third kappa shape index (κ3) is 1.62. The summed E-state index contributed by atoms with van der Waals surface area (Å²) in [5, 5.41) is 5.15. The first kappa shape index (κ1) is 9.95. The van der Waals surface area contributed by atoms with E-state index in [1.54, 1.807) is 0 Å². The largest absolute Gasteiger partial charge is 0.329 e. The fourth-order valence-corrected chi connectivity index (χ4v) is 2.89. The molecule has 1 aliphatic rings. The molecule has 1 aliphatic carbocycles. The summed E-state index contributed by atoms with van der Waals surface area (Å²) >= 11 is 0. The molecular formula is C7H16N2O2S. The Kier molecular flexibility index (Phi) is 2.75. The average molecular weight is 192 g/mol.